The zero-order chi connectivity index (χ0) is 11.4. The second kappa shape index (κ2) is 5.77. The van der Waals surface area contributed by atoms with Crippen LogP contribution in [0.1, 0.15) is 11.6 Å². The van der Waals surface area contributed by atoms with Crippen LogP contribution in [0.15, 0.2) is 28.7 Å². The largest absolute Gasteiger partial charge is 0.374 e. The predicted molar refractivity (Wildman–Crippen MR) is 68.6 cm³/mol. The van der Waals surface area contributed by atoms with Gasteiger partial charge in [-0.05, 0) is 24.7 Å². The van der Waals surface area contributed by atoms with Crippen molar-refractivity contribution in [2.75, 3.05) is 26.7 Å². The van der Waals surface area contributed by atoms with Crippen molar-refractivity contribution in [2.45, 2.75) is 12.1 Å². The molecule has 1 heterocycles. The van der Waals surface area contributed by atoms with Gasteiger partial charge in [0, 0.05) is 17.6 Å². The molecule has 1 fully saturated rings. The monoisotopic (exact) mass is 284 g/mol. The van der Waals surface area contributed by atoms with E-state index in [1.54, 1.807) is 0 Å². The van der Waals surface area contributed by atoms with E-state index in [1.807, 2.05) is 13.1 Å². The zero-order valence-corrected chi connectivity index (χ0v) is 11.0. The van der Waals surface area contributed by atoms with Crippen LogP contribution < -0.4 is 10.6 Å². The van der Waals surface area contributed by atoms with E-state index in [0.717, 1.165) is 24.2 Å². The maximum Gasteiger partial charge on any atom is 0.0894 e. The molecule has 16 heavy (non-hydrogen) atoms. The first-order valence-electron chi connectivity index (χ1n) is 5.56. The summed E-state index contributed by atoms with van der Waals surface area (Å²) in [4.78, 5) is 0. The Kier molecular flexibility index (Phi) is 4.35. The van der Waals surface area contributed by atoms with Gasteiger partial charge in [-0.25, -0.2) is 0 Å². The molecule has 0 bridgehead atoms. The summed E-state index contributed by atoms with van der Waals surface area (Å²) in [7, 11) is 1.98. The minimum absolute atomic E-state index is 0.202. The molecule has 4 heteroatoms. The number of likely N-dealkylation sites (N-methyl/N-ethyl adjacent to an activating group) is 1. The fourth-order valence-electron chi connectivity index (χ4n) is 2.07. The molecule has 2 atom stereocenters. The second-order valence-electron chi connectivity index (χ2n) is 3.93. The predicted octanol–water partition coefficient (Wildman–Crippen LogP) is 1.70. The Morgan fingerprint density at radius 2 is 2.44 bits per heavy atom. The molecular weight excluding hydrogens is 268 g/mol. The van der Waals surface area contributed by atoms with Crippen LogP contribution in [-0.4, -0.2) is 32.8 Å². The zero-order valence-electron chi connectivity index (χ0n) is 9.37. The maximum atomic E-state index is 5.78. The van der Waals surface area contributed by atoms with Gasteiger partial charge in [0.2, 0.25) is 0 Å². The molecule has 0 radical (unpaired) electrons. The molecule has 0 aromatic heterocycles. The lowest BCUT2D eigenvalue weighted by molar-refractivity contribution is 0.00537. The summed E-state index contributed by atoms with van der Waals surface area (Å²) in [6.07, 6.45) is 0.202. The number of hydrogen-bond acceptors (Lipinski definition) is 3. The summed E-state index contributed by atoms with van der Waals surface area (Å²) in [5.41, 5.74) is 1.26. The maximum absolute atomic E-state index is 5.78. The van der Waals surface area contributed by atoms with Gasteiger partial charge in [-0.2, -0.15) is 0 Å². The molecule has 1 aliphatic rings. The first-order chi connectivity index (χ1) is 7.81. The van der Waals surface area contributed by atoms with Crippen molar-refractivity contribution in [3.05, 3.63) is 34.3 Å². The highest BCUT2D eigenvalue weighted by molar-refractivity contribution is 9.10. The molecule has 2 rings (SSSR count). The fourth-order valence-corrected chi connectivity index (χ4v) is 2.48. The van der Waals surface area contributed by atoms with Gasteiger partial charge < -0.3 is 15.4 Å². The third kappa shape index (κ3) is 2.83. The van der Waals surface area contributed by atoms with Crippen molar-refractivity contribution in [1.29, 1.82) is 0 Å². The highest BCUT2D eigenvalue weighted by Gasteiger charge is 2.24. The topological polar surface area (TPSA) is 33.3 Å². The molecule has 0 spiro atoms. The number of halogens is 1. The summed E-state index contributed by atoms with van der Waals surface area (Å²) in [6, 6.07) is 8.60. The van der Waals surface area contributed by atoms with Gasteiger partial charge in [0.1, 0.15) is 0 Å². The van der Waals surface area contributed by atoms with Crippen molar-refractivity contribution in [3.63, 3.8) is 0 Å². The van der Waals surface area contributed by atoms with Crippen LogP contribution in [0.4, 0.5) is 0 Å². The summed E-state index contributed by atoms with van der Waals surface area (Å²) >= 11 is 3.50. The van der Waals surface area contributed by atoms with Gasteiger partial charge in [-0.1, -0.05) is 28.1 Å². The fraction of sp³-hybridized carbons (Fsp3) is 0.500. The second-order valence-corrected chi connectivity index (χ2v) is 4.85. The molecule has 0 aliphatic carbocycles. The number of rotatable bonds is 3. The van der Waals surface area contributed by atoms with Gasteiger partial charge >= 0.3 is 0 Å². The molecule has 3 nitrogen and oxygen atoms in total. The Labute approximate surface area is 105 Å². The van der Waals surface area contributed by atoms with Crippen LogP contribution in [0.25, 0.3) is 0 Å². The Morgan fingerprint density at radius 1 is 1.56 bits per heavy atom. The quantitative estimate of drug-likeness (QED) is 0.887. The third-order valence-electron chi connectivity index (χ3n) is 2.85. The highest BCUT2D eigenvalue weighted by Crippen LogP contribution is 2.22. The van der Waals surface area contributed by atoms with Crippen molar-refractivity contribution >= 4 is 15.9 Å². The normalized spacial score (nSPS) is 23.0. The molecule has 1 aromatic rings. The Morgan fingerprint density at radius 3 is 3.06 bits per heavy atom. The van der Waals surface area contributed by atoms with Crippen molar-refractivity contribution in [3.8, 4) is 0 Å². The average Bonchev–Trinajstić information content (AvgIpc) is 2.31. The number of ether oxygens (including phenoxy) is 1. The van der Waals surface area contributed by atoms with E-state index in [4.69, 9.17) is 4.74 Å². The van der Waals surface area contributed by atoms with E-state index >= 15 is 0 Å². The third-order valence-corrected chi connectivity index (χ3v) is 3.34. The number of nitrogens with one attached hydrogen (secondary N) is 2. The first-order valence-corrected chi connectivity index (χ1v) is 6.35. The smallest absolute Gasteiger partial charge is 0.0894 e. The van der Waals surface area contributed by atoms with Gasteiger partial charge in [-0.3, -0.25) is 0 Å². The minimum atomic E-state index is 0.202. The van der Waals surface area contributed by atoms with Crippen molar-refractivity contribution in [1.82, 2.24) is 10.6 Å². The van der Waals surface area contributed by atoms with Crippen molar-refractivity contribution < 1.29 is 4.74 Å². The van der Waals surface area contributed by atoms with E-state index < -0.39 is 0 Å². The molecule has 1 aliphatic heterocycles. The summed E-state index contributed by atoms with van der Waals surface area (Å²) in [5.74, 6) is 0. The summed E-state index contributed by atoms with van der Waals surface area (Å²) in [6.45, 7) is 2.64. The molecule has 1 saturated heterocycles. The average molecular weight is 285 g/mol. The molecule has 88 valence electrons. The highest BCUT2D eigenvalue weighted by atomic mass is 79.9. The Balaban J connectivity index is 2.14. The molecule has 2 N–H and O–H groups in total. The van der Waals surface area contributed by atoms with Crippen LogP contribution in [-0.2, 0) is 4.74 Å². The van der Waals surface area contributed by atoms with E-state index in [9.17, 15) is 0 Å². The molecule has 1 aromatic carbocycles. The van der Waals surface area contributed by atoms with E-state index in [0.29, 0.717) is 0 Å². The Hall–Kier alpha value is -0.420. The summed E-state index contributed by atoms with van der Waals surface area (Å²) in [5, 5.41) is 6.69. The lowest BCUT2D eigenvalue weighted by atomic mass is 10.0. The summed E-state index contributed by atoms with van der Waals surface area (Å²) < 4.78 is 6.89. The van der Waals surface area contributed by atoms with E-state index in [1.165, 1.54) is 5.56 Å². The van der Waals surface area contributed by atoms with Crippen LogP contribution in [0.2, 0.25) is 0 Å². The van der Waals surface area contributed by atoms with Gasteiger partial charge in [0.25, 0.3) is 0 Å². The molecular formula is C12H17BrN2O. The van der Waals surface area contributed by atoms with Crippen LogP contribution in [0, 0.1) is 0 Å². The first kappa shape index (κ1) is 12.0. The minimum Gasteiger partial charge on any atom is -0.374 e. The van der Waals surface area contributed by atoms with Gasteiger partial charge in [0.15, 0.2) is 0 Å². The van der Waals surface area contributed by atoms with Crippen LogP contribution in [0.5, 0.6) is 0 Å². The molecule has 2 unspecified atom stereocenters. The number of hydrogen-bond donors (Lipinski definition) is 2. The van der Waals surface area contributed by atoms with Gasteiger partial charge in [0.05, 0.1) is 18.8 Å². The van der Waals surface area contributed by atoms with Crippen LogP contribution >= 0.6 is 15.9 Å². The van der Waals surface area contributed by atoms with E-state index in [2.05, 4.69) is 44.8 Å². The standard InChI is InChI=1S/C12H17BrN2O/c1-14-12(11-8-15-5-6-16-11)9-3-2-4-10(13)7-9/h2-4,7,11-12,14-15H,5-6,8H2,1H3. The number of benzene rings is 1. The molecule has 0 saturated carbocycles. The SMILES string of the molecule is CNC(c1cccc(Br)c1)C1CNCCO1. The van der Waals surface area contributed by atoms with Gasteiger partial charge in [-0.15, -0.1) is 0 Å². The van der Waals surface area contributed by atoms with Crippen molar-refractivity contribution in [2.24, 2.45) is 0 Å². The van der Waals surface area contributed by atoms with E-state index in [-0.39, 0.29) is 12.1 Å². The lowest BCUT2D eigenvalue weighted by Gasteiger charge is -2.31. The van der Waals surface area contributed by atoms with Crippen LogP contribution in [0.3, 0.4) is 0 Å². The lowest BCUT2D eigenvalue weighted by Crippen LogP contribution is -2.45. The number of morpholine rings is 1. The Bertz CT molecular complexity index is 340. The molecule has 0 amide bonds.